The Morgan fingerprint density at radius 2 is 2.07 bits per heavy atom. The summed E-state index contributed by atoms with van der Waals surface area (Å²) in [6, 6.07) is 4.88. The Kier molecular flexibility index (Phi) is 9.60. The molecular weight excluding hydrogens is 376 g/mol. The molecule has 1 fully saturated rings. The predicted octanol–water partition coefficient (Wildman–Crippen LogP) is 4.76. The van der Waals surface area contributed by atoms with Crippen molar-refractivity contribution in [2.75, 3.05) is 26.8 Å². The third-order valence-corrected chi connectivity index (χ3v) is 5.75. The summed E-state index contributed by atoms with van der Waals surface area (Å²) in [6.45, 7) is 10.8. The number of allylic oxidation sites excluding steroid dienone is 3. The number of rotatable bonds is 11. The third kappa shape index (κ3) is 6.71. The molecule has 0 amide bonds. The second-order valence-electron chi connectivity index (χ2n) is 8.27. The number of ether oxygens (including phenoxy) is 2. The van der Waals surface area contributed by atoms with E-state index in [9.17, 15) is 4.79 Å². The van der Waals surface area contributed by atoms with Gasteiger partial charge in [0.05, 0.1) is 18.7 Å². The van der Waals surface area contributed by atoms with Crippen LogP contribution in [0.2, 0.25) is 0 Å². The van der Waals surface area contributed by atoms with Crippen LogP contribution in [-0.4, -0.2) is 49.6 Å². The largest absolute Gasteiger partial charge is 0.497 e. The maximum absolute atomic E-state index is 13.3. The van der Waals surface area contributed by atoms with Crippen molar-refractivity contribution in [3.05, 3.63) is 47.1 Å². The van der Waals surface area contributed by atoms with Gasteiger partial charge in [0.2, 0.25) is 0 Å². The van der Waals surface area contributed by atoms with E-state index in [2.05, 4.69) is 44.7 Å². The monoisotopic (exact) mass is 414 g/mol. The van der Waals surface area contributed by atoms with Crippen molar-refractivity contribution in [1.82, 2.24) is 4.90 Å². The maximum atomic E-state index is 13.3. The molecule has 0 aromatic heterocycles. The highest BCUT2D eigenvalue weighted by Crippen LogP contribution is 2.28. The molecule has 1 aromatic rings. The van der Waals surface area contributed by atoms with Crippen molar-refractivity contribution < 1.29 is 14.3 Å². The number of likely N-dealkylation sites (tertiary alicyclic amines) is 1. The molecule has 0 saturated carbocycles. The van der Waals surface area contributed by atoms with Crippen LogP contribution in [0.4, 0.5) is 0 Å². The molecule has 2 atom stereocenters. The Labute approximate surface area is 181 Å². The molecule has 5 heteroatoms. The van der Waals surface area contributed by atoms with E-state index in [1.807, 2.05) is 6.07 Å². The topological polar surface area (TPSA) is 64.8 Å². The van der Waals surface area contributed by atoms with Gasteiger partial charge in [-0.15, -0.1) is 0 Å². The average Bonchev–Trinajstić information content (AvgIpc) is 3.21. The number of carbonyl (C=O) groups is 1. The first kappa shape index (κ1) is 24.2. The SMILES string of the molecule is CCN1CCCC1C(N)C(=O)c1cc(OC)ccc1OC/C=C(\C)CCC=C(C)C. The van der Waals surface area contributed by atoms with E-state index in [0.29, 0.717) is 23.7 Å². The number of methoxy groups -OCH3 is 1. The smallest absolute Gasteiger partial charge is 0.184 e. The van der Waals surface area contributed by atoms with Gasteiger partial charge in [-0.3, -0.25) is 9.69 Å². The summed E-state index contributed by atoms with van der Waals surface area (Å²) >= 11 is 0. The van der Waals surface area contributed by atoms with Crippen LogP contribution in [0.15, 0.2) is 41.5 Å². The number of hydrogen-bond donors (Lipinski definition) is 1. The molecule has 0 radical (unpaired) electrons. The number of carbonyl (C=O) groups excluding carboxylic acids is 1. The predicted molar refractivity (Wildman–Crippen MR) is 123 cm³/mol. The van der Waals surface area contributed by atoms with E-state index in [4.69, 9.17) is 15.2 Å². The van der Waals surface area contributed by atoms with Gasteiger partial charge in [0, 0.05) is 6.04 Å². The molecule has 1 heterocycles. The fraction of sp³-hybridized carbons (Fsp3) is 0.560. The fourth-order valence-corrected chi connectivity index (χ4v) is 3.92. The number of benzene rings is 1. The Morgan fingerprint density at radius 3 is 2.73 bits per heavy atom. The van der Waals surface area contributed by atoms with Gasteiger partial charge in [-0.1, -0.05) is 24.1 Å². The summed E-state index contributed by atoms with van der Waals surface area (Å²) in [5.74, 6) is 1.11. The zero-order chi connectivity index (χ0) is 22.1. The van der Waals surface area contributed by atoms with Crippen molar-refractivity contribution in [2.45, 2.75) is 65.5 Å². The zero-order valence-corrected chi connectivity index (χ0v) is 19.2. The second kappa shape index (κ2) is 11.9. The van der Waals surface area contributed by atoms with E-state index >= 15 is 0 Å². The number of nitrogens with zero attached hydrogens (tertiary/aromatic N) is 1. The Hall–Kier alpha value is -2.11. The fourth-order valence-electron chi connectivity index (χ4n) is 3.92. The lowest BCUT2D eigenvalue weighted by atomic mass is 9.96. The van der Waals surface area contributed by atoms with Crippen LogP contribution < -0.4 is 15.2 Å². The first-order chi connectivity index (χ1) is 14.4. The van der Waals surface area contributed by atoms with Gasteiger partial charge in [-0.2, -0.15) is 0 Å². The summed E-state index contributed by atoms with van der Waals surface area (Å²) in [7, 11) is 1.60. The normalized spacial score (nSPS) is 18.2. The zero-order valence-electron chi connectivity index (χ0n) is 19.2. The molecule has 0 spiro atoms. The lowest BCUT2D eigenvalue weighted by Crippen LogP contribution is -2.48. The van der Waals surface area contributed by atoms with Crippen molar-refractivity contribution >= 4 is 5.78 Å². The van der Waals surface area contributed by atoms with Crippen LogP contribution in [0.1, 0.15) is 63.7 Å². The first-order valence-corrected chi connectivity index (χ1v) is 11.0. The molecule has 1 aliphatic heterocycles. The molecule has 0 aliphatic carbocycles. The Morgan fingerprint density at radius 1 is 1.30 bits per heavy atom. The van der Waals surface area contributed by atoms with E-state index in [1.165, 1.54) is 11.1 Å². The lowest BCUT2D eigenvalue weighted by molar-refractivity contribution is 0.0904. The van der Waals surface area contributed by atoms with Gasteiger partial charge in [0.25, 0.3) is 0 Å². The van der Waals surface area contributed by atoms with E-state index in [0.717, 1.165) is 38.8 Å². The molecule has 30 heavy (non-hydrogen) atoms. The van der Waals surface area contributed by atoms with E-state index < -0.39 is 6.04 Å². The van der Waals surface area contributed by atoms with Gasteiger partial charge in [-0.05, 0) is 83.8 Å². The standard InChI is InChI=1S/C25H38N2O3/c1-6-27-15-8-11-22(27)24(26)25(28)21-17-20(29-5)12-13-23(21)30-16-14-19(4)10-7-9-18(2)3/h9,12-14,17,22,24H,6-8,10-11,15-16,26H2,1-5H3/b19-14+. The van der Waals surface area contributed by atoms with E-state index in [1.54, 1.807) is 19.2 Å². The highest BCUT2D eigenvalue weighted by Gasteiger charge is 2.34. The van der Waals surface area contributed by atoms with Gasteiger partial charge < -0.3 is 15.2 Å². The minimum Gasteiger partial charge on any atom is -0.497 e. The molecule has 1 aliphatic rings. The summed E-state index contributed by atoms with van der Waals surface area (Å²) in [6.07, 6.45) is 8.38. The molecule has 0 bridgehead atoms. The molecule has 1 saturated heterocycles. The van der Waals surface area contributed by atoms with Gasteiger partial charge in [0.15, 0.2) is 5.78 Å². The van der Waals surface area contributed by atoms with Crippen LogP contribution in [0.5, 0.6) is 11.5 Å². The summed E-state index contributed by atoms with van der Waals surface area (Å²) < 4.78 is 11.3. The quantitative estimate of drug-likeness (QED) is 0.418. The van der Waals surface area contributed by atoms with Crippen LogP contribution >= 0.6 is 0 Å². The average molecular weight is 415 g/mol. The van der Waals surface area contributed by atoms with Crippen LogP contribution in [0.3, 0.4) is 0 Å². The van der Waals surface area contributed by atoms with Crippen LogP contribution in [-0.2, 0) is 0 Å². The summed E-state index contributed by atoms with van der Waals surface area (Å²) in [5, 5.41) is 0. The highest BCUT2D eigenvalue weighted by atomic mass is 16.5. The van der Waals surface area contributed by atoms with Crippen LogP contribution in [0.25, 0.3) is 0 Å². The second-order valence-corrected chi connectivity index (χ2v) is 8.27. The molecule has 1 aromatic carbocycles. The van der Waals surface area contributed by atoms with E-state index in [-0.39, 0.29) is 11.8 Å². The summed E-state index contributed by atoms with van der Waals surface area (Å²) in [5.41, 5.74) is 9.54. The molecule has 2 N–H and O–H groups in total. The van der Waals surface area contributed by atoms with Gasteiger partial charge >= 0.3 is 0 Å². The number of Topliss-reactive ketones (excluding diaryl/α,β-unsaturated/α-hetero) is 1. The van der Waals surface area contributed by atoms with Crippen molar-refractivity contribution in [3.63, 3.8) is 0 Å². The minimum atomic E-state index is -0.566. The number of hydrogen-bond acceptors (Lipinski definition) is 5. The number of likely N-dealkylation sites (N-methyl/N-ethyl adjacent to an activating group) is 1. The van der Waals surface area contributed by atoms with Crippen molar-refractivity contribution in [1.29, 1.82) is 0 Å². The molecular formula is C25H38N2O3. The first-order valence-electron chi connectivity index (χ1n) is 11.0. The van der Waals surface area contributed by atoms with Gasteiger partial charge in [0.1, 0.15) is 18.1 Å². The molecule has 5 nitrogen and oxygen atoms in total. The third-order valence-electron chi connectivity index (χ3n) is 5.75. The molecule has 166 valence electrons. The van der Waals surface area contributed by atoms with Crippen molar-refractivity contribution in [3.8, 4) is 11.5 Å². The van der Waals surface area contributed by atoms with Gasteiger partial charge in [-0.25, -0.2) is 0 Å². The number of ketones is 1. The summed E-state index contributed by atoms with van der Waals surface area (Å²) in [4.78, 5) is 15.6. The Bertz CT molecular complexity index is 766. The minimum absolute atomic E-state index is 0.0822. The molecule has 2 rings (SSSR count). The lowest BCUT2D eigenvalue weighted by Gasteiger charge is -2.27. The van der Waals surface area contributed by atoms with Crippen molar-refractivity contribution in [2.24, 2.45) is 5.73 Å². The molecule has 2 unspecified atom stereocenters. The van der Waals surface area contributed by atoms with Crippen LogP contribution in [0, 0.1) is 0 Å². The maximum Gasteiger partial charge on any atom is 0.184 e. The Balaban J connectivity index is 2.11. The number of nitrogens with two attached hydrogens (primary N) is 1. The highest BCUT2D eigenvalue weighted by molar-refractivity contribution is 6.03.